The van der Waals surface area contributed by atoms with Gasteiger partial charge in [0, 0.05) is 54.6 Å². The van der Waals surface area contributed by atoms with Crippen LogP contribution in [0, 0.1) is 0 Å². The molecule has 25 heavy (non-hydrogen) atoms. The fourth-order valence-corrected chi connectivity index (χ4v) is 3.66. The lowest BCUT2D eigenvalue weighted by Gasteiger charge is -2.24. The van der Waals surface area contributed by atoms with Gasteiger partial charge in [0.1, 0.15) is 11.5 Å². The Morgan fingerprint density at radius 1 is 1.32 bits per heavy atom. The normalized spacial score (nSPS) is 16.6. The Kier molecular flexibility index (Phi) is 5.60. The molecule has 0 radical (unpaired) electrons. The van der Waals surface area contributed by atoms with Gasteiger partial charge in [0.2, 0.25) is 0 Å². The minimum absolute atomic E-state index is 0.249. The highest BCUT2D eigenvalue weighted by Gasteiger charge is 2.26. The number of nitrogens with one attached hydrogen (secondary N) is 2. The van der Waals surface area contributed by atoms with Gasteiger partial charge in [-0.3, -0.25) is 0 Å². The Hall–Kier alpha value is -2.48. The summed E-state index contributed by atoms with van der Waals surface area (Å²) in [6, 6.07) is 5.28. The van der Waals surface area contributed by atoms with Crippen LogP contribution in [-0.2, 0) is 0 Å². The summed E-state index contributed by atoms with van der Waals surface area (Å²) in [4.78, 5) is 18.9. The molecular weight excluding hydrogens is 340 g/mol. The fourth-order valence-electron chi connectivity index (χ4n) is 2.92. The highest BCUT2D eigenvalue weighted by molar-refractivity contribution is 7.13. The highest BCUT2D eigenvalue weighted by atomic mass is 32.1. The average Bonchev–Trinajstić information content (AvgIpc) is 3.30. The number of carbonyl (C=O) groups excluding carboxylic acids is 1. The number of aromatic nitrogens is 1. The van der Waals surface area contributed by atoms with Crippen molar-refractivity contribution in [1.29, 1.82) is 0 Å². The molecule has 7 nitrogen and oxygen atoms in total. The van der Waals surface area contributed by atoms with Crippen LogP contribution in [0.5, 0.6) is 11.5 Å². The van der Waals surface area contributed by atoms with E-state index in [-0.39, 0.29) is 12.1 Å². The summed E-state index contributed by atoms with van der Waals surface area (Å²) in [5, 5.41) is 8.76. The monoisotopic (exact) mass is 362 g/mol. The predicted molar refractivity (Wildman–Crippen MR) is 99.0 cm³/mol. The van der Waals surface area contributed by atoms with E-state index in [0.29, 0.717) is 23.7 Å². The summed E-state index contributed by atoms with van der Waals surface area (Å²) in [6.07, 6.45) is 3.97. The van der Waals surface area contributed by atoms with Gasteiger partial charge >= 0.3 is 6.03 Å². The summed E-state index contributed by atoms with van der Waals surface area (Å²) < 4.78 is 10.4. The molecule has 134 valence electrons. The lowest BCUT2D eigenvalue weighted by molar-refractivity contribution is 0.251. The molecule has 1 aromatic carbocycles. The van der Waals surface area contributed by atoms with Crippen molar-refractivity contribution in [2.24, 2.45) is 0 Å². The molecule has 0 saturated carbocycles. The summed E-state index contributed by atoms with van der Waals surface area (Å²) >= 11 is 1.63. The maximum atomic E-state index is 12.2. The van der Waals surface area contributed by atoms with Crippen molar-refractivity contribution in [1.82, 2.24) is 10.3 Å². The number of benzene rings is 1. The topological polar surface area (TPSA) is 75.7 Å². The third-order valence-corrected chi connectivity index (χ3v) is 4.96. The zero-order valence-corrected chi connectivity index (χ0v) is 15.1. The zero-order chi connectivity index (χ0) is 17.6. The Balaban J connectivity index is 1.56. The van der Waals surface area contributed by atoms with E-state index in [0.717, 1.165) is 24.5 Å². The van der Waals surface area contributed by atoms with Crippen LogP contribution in [0.2, 0.25) is 0 Å². The van der Waals surface area contributed by atoms with Crippen LogP contribution in [0.1, 0.15) is 12.8 Å². The summed E-state index contributed by atoms with van der Waals surface area (Å²) in [7, 11) is 3.15. The Labute approximate surface area is 151 Å². The molecule has 1 atom stereocenters. The second kappa shape index (κ2) is 8.06. The van der Waals surface area contributed by atoms with Gasteiger partial charge in [-0.05, 0) is 12.8 Å². The molecule has 3 rings (SSSR count). The molecule has 1 unspecified atom stereocenters. The van der Waals surface area contributed by atoms with Crippen LogP contribution in [0.15, 0.2) is 29.8 Å². The smallest absolute Gasteiger partial charge is 0.319 e. The molecule has 8 heteroatoms. The van der Waals surface area contributed by atoms with Gasteiger partial charge in [-0.2, -0.15) is 0 Å². The second-order valence-electron chi connectivity index (χ2n) is 5.74. The summed E-state index contributed by atoms with van der Waals surface area (Å²) in [5.74, 6) is 1.25. The zero-order valence-electron chi connectivity index (χ0n) is 14.3. The Bertz CT molecular complexity index is 686. The molecule has 0 aliphatic carbocycles. The lowest BCUT2D eigenvalue weighted by atomic mass is 10.2. The Morgan fingerprint density at radius 3 is 2.72 bits per heavy atom. The van der Waals surface area contributed by atoms with Crippen molar-refractivity contribution in [3.63, 3.8) is 0 Å². The number of ether oxygens (including phenoxy) is 2. The maximum absolute atomic E-state index is 12.2. The maximum Gasteiger partial charge on any atom is 0.319 e. The third kappa shape index (κ3) is 4.33. The van der Waals surface area contributed by atoms with Crippen molar-refractivity contribution < 1.29 is 14.3 Å². The van der Waals surface area contributed by atoms with Crippen molar-refractivity contribution in [2.45, 2.75) is 18.9 Å². The fraction of sp³-hybridized carbons (Fsp3) is 0.412. The van der Waals surface area contributed by atoms with E-state index < -0.39 is 0 Å². The van der Waals surface area contributed by atoms with Gasteiger partial charge in [0.25, 0.3) is 0 Å². The standard InChI is InChI=1S/C17H22N4O3S/c1-23-14-8-12(9-15(10-14)24-2)20-16(22)19-11-13-4-3-6-21(13)17-18-5-7-25-17/h5,7-10,13H,3-4,6,11H2,1-2H3,(H2,19,20,22). The van der Waals surface area contributed by atoms with Gasteiger partial charge in [-0.15, -0.1) is 11.3 Å². The minimum Gasteiger partial charge on any atom is -0.497 e. The molecule has 1 aliphatic heterocycles. The molecule has 2 amide bonds. The molecule has 2 aromatic rings. The Morgan fingerprint density at radius 2 is 2.08 bits per heavy atom. The quantitative estimate of drug-likeness (QED) is 0.826. The number of amides is 2. The van der Waals surface area contributed by atoms with Crippen LogP contribution >= 0.6 is 11.3 Å². The molecule has 1 saturated heterocycles. The number of carbonyl (C=O) groups is 1. The number of urea groups is 1. The first-order valence-electron chi connectivity index (χ1n) is 8.13. The van der Waals surface area contributed by atoms with E-state index in [1.54, 1.807) is 43.8 Å². The van der Waals surface area contributed by atoms with Gasteiger partial charge in [-0.25, -0.2) is 9.78 Å². The minimum atomic E-state index is -0.249. The molecule has 1 aliphatic rings. The predicted octanol–water partition coefficient (Wildman–Crippen LogP) is 2.95. The van der Waals surface area contributed by atoms with E-state index in [1.165, 1.54) is 0 Å². The molecular formula is C17H22N4O3S. The molecule has 1 aromatic heterocycles. The number of thiazole rings is 1. The van der Waals surface area contributed by atoms with E-state index in [1.807, 2.05) is 11.6 Å². The van der Waals surface area contributed by atoms with E-state index >= 15 is 0 Å². The van der Waals surface area contributed by atoms with Crippen molar-refractivity contribution >= 4 is 28.2 Å². The van der Waals surface area contributed by atoms with Gasteiger partial charge in [0.15, 0.2) is 5.13 Å². The largest absolute Gasteiger partial charge is 0.497 e. The highest BCUT2D eigenvalue weighted by Crippen LogP contribution is 2.27. The number of nitrogens with zero attached hydrogens (tertiary/aromatic N) is 2. The van der Waals surface area contributed by atoms with Crippen LogP contribution < -0.4 is 25.0 Å². The average molecular weight is 362 g/mol. The van der Waals surface area contributed by atoms with Crippen LogP contribution in [0.25, 0.3) is 0 Å². The number of rotatable bonds is 6. The first-order valence-corrected chi connectivity index (χ1v) is 9.01. The summed E-state index contributed by atoms with van der Waals surface area (Å²) in [5.41, 5.74) is 0.622. The first kappa shape index (κ1) is 17.3. The SMILES string of the molecule is COc1cc(NC(=O)NCC2CCCN2c2nccs2)cc(OC)c1. The molecule has 2 N–H and O–H groups in total. The van der Waals surface area contributed by atoms with E-state index in [2.05, 4.69) is 20.5 Å². The first-order chi connectivity index (χ1) is 12.2. The van der Waals surface area contributed by atoms with Crippen LogP contribution in [0.3, 0.4) is 0 Å². The van der Waals surface area contributed by atoms with Crippen LogP contribution in [0.4, 0.5) is 15.6 Å². The number of anilines is 2. The number of hydrogen-bond donors (Lipinski definition) is 2. The summed E-state index contributed by atoms with van der Waals surface area (Å²) in [6.45, 7) is 1.56. The molecule has 1 fully saturated rings. The van der Waals surface area contributed by atoms with Gasteiger partial charge in [0.05, 0.1) is 14.2 Å². The van der Waals surface area contributed by atoms with Crippen molar-refractivity contribution in [2.75, 3.05) is 37.5 Å². The third-order valence-electron chi connectivity index (χ3n) is 4.15. The molecule has 0 bridgehead atoms. The van der Waals surface area contributed by atoms with E-state index in [9.17, 15) is 4.79 Å². The van der Waals surface area contributed by atoms with Gasteiger partial charge < -0.3 is 25.0 Å². The molecule has 0 spiro atoms. The molecule has 2 heterocycles. The van der Waals surface area contributed by atoms with E-state index in [4.69, 9.17) is 9.47 Å². The van der Waals surface area contributed by atoms with Crippen molar-refractivity contribution in [3.8, 4) is 11.5 Å². The number of hydrogen-bond acceptors (Lipinski definition) is 6. The van der Waals surface area contributed by atoms with Crippen LogP contribution in [-0.4, -0.2) is 44.4 Å². The second-order valence-corrected chi connectivity index (χ2v) is 6.61. The number of methoxy groups -OCH3 is 2. The van der Waals surface area contributed by atoms with Gasteiger partial charge in [-0.1, -0.05) is 0 Å². The van der Waals surface area contributed by atoms with Crippen molar-refractivity contribution in [3.05, 3.63) is 29.8 Å². The lowest BCUT2D eigenvalue weighted by Crippen LogP contribution is -2.41.